The molecule has 4 rings (SSSR count). The fraction of sp³-hybridized carbons (Fsp3) is 0.429. The molecule has 3 heterocycles. The van der Waals surface area contributed by atoms with Crippen LogP contribution in [0.1, 0.15) is 31.2 Å². The van der Waals surface area contributed by atoms with Gasteiger partial charge < -0.3 is 14.9 Å². The second-order valence-electron chi connectivity index (χ2n) is 8.05. The first kappa shape index (κ1) is 24.9. The Morgan fingerprint density at radius 3 is 2.49 bits per heavy atom. The number of pyridine rings is 1. The van der Waals surface area contributed by atoms with Crippen molar-refractivity contribution in [2.75, 3.05) is 5.75 Å². The molecule has 35 heavy (non-hydrogen) atoms. The van der Waals surface area contributed by atoms with E-state index in [-0.39, 0.29) is 34.5 Å². The van der Waals surface area contributed by atoms with Crippen LogP contribution < -0.4 is 5.73 Å². The minimum atomic E-state index is -5.78. The van der Waals surface area contributed by atoms with Gasteiger partial charge in [0.15, 0.2) is 11.5 Å². The van der Waals surface area contributed by atoms with Crippen molar-refractivity contribution in [3.8, 4) is 11.5 Å². The second kappa shape index (κ2) is 8.81. The molecule has 0 saturated heterocycles. The van der Waals surface area contributed by atoms with Crippen molar-refractivity contribution in [1.29, 1.82) is 0 Å². The molecule has 1 unspecified atom stereocenters. The van der Waals surface area contributed by atoms with Gasteiger partial charge >= 0.3 is 12.1 Å². The summed E-state index contributed by atoms with van der Waals surface area (Å²) < 4.78 is 82.2. The smallest absolute Gasteiger partial charge is 0.404 e. The second-order valence-corrected chi connectivity index (χ2v) is 9.70. The lowest BCUT2D eigenvalue weighted by molar-refractivity contribution is -0.289. The molecule has 14 heteroatoms. The first-order chi connectivity index (χ1) is 16.4. The minimum Gasteiger partial charge on any atom is -0.404 e. The highest BCUT2D eigenvalue weighted by molar-refractivity contribution is 7.85. The third-order valence-corrected chi connectivity index (χ3v) is 6.99. The van der Waals surface area contributed by atoms with Crippen LogP contribution in [-0.4, -0.2) is 52.5 Å². The molecule has 188 valence electrons. The van der Waals surface area contributed by atoms with E-state index in [0.717, 1.165) is 12.8 Å². The van der Waals surface area contributed by atoms with Gasteiger partial charge in [-0.25, -0.2) is 15.0 Å². The first-order valence-electron chi connectivity index (χ1n) is 10.6. The maximum Gasteiger partial charge on any atom is 0.458 e. The molecule has 1 atom stereocenters. The van der Waals surface area contributed by atoms with Gasteiger partial charge in [-0.3, -0.25) is 9.20 Å². The fourth-order valence-corrected chi connectivity index (χ4v) is 4.51. The molecule has 1 aliphatic rings. The number of rotatable bonds is 7. The summed E-state index contributed by atoms with van der Waals surface area (Å²) in [7, 11) is 1.63. The lowest BCUT2D eigenvalue weighted by atomic mass is 10.1. The van der Waals surface area contributed by atoms with E-state index in [9.17, 15) is 26.2 Å². The summed E-state index contributed by atoms with van der Waals surface area (Å²) in [4.78, 5) is 17.0. The average Bonchev–Trinajstić information content (AvgIpc) is 3.50. The zero-order chi connectivity index (χ0) is 25.7. The Morgan fingerprint density at radius 2 is 1.91 bits per heavy atom. The Balaban J connectivity index is 1.88. The number of nitrogens with zero attached hydrogens (tertiary/aromatic N) is 6. The van der Waals surface area contributed by atoms with Crippen LogP contribution in [0.2, 0.25) is 0 Å². The Labute approximate surface area is 199 Å². The maximum atomic E-state index is 13.9. The SMILES string of the molecule is CCS(=O)c1c(-c2nc3cc(C(F)(F)C(F)(F)F)cnc3n2C)nc(/C(C=NC2CC2)=C/N)n1C. The van der Waals surface area contributed by atoms with Gasteiger partial charge in [0.25, 0.3) is 0 Å². The number of alkyl halides is 5. The predicted molar refractivity (Wildman–Crippen MR) is 121 cm³/mol. The van der Waals surface area contributed by atoms with Crippen LogP contribution in [0.5, 0.6) is 0 Å². The summed E-state index contributed by atoms with van der Waals surface area (Å²) in [6, 6.07) is 0.872. The highest BCUT2D eigenvalue weighted by Gasteiger charge is 2.59. The molecule has 2 N–H and O–H groups in total. The molecule has 0 aliphatic heterocycles. The van der Waals surface area contributed by atoms with E-state index < -0.39 is 28.5 Å². The van der Waals surface area contributed by atoms with Crippen molar-refractivity contribution in [2.24, 2.45) is 24.8 Å². The van der Waals surface area contributed by atoms with Crippen LogP contribution in [0.15, 0.2) is 28.5 Å². The van der Waals surface area contributed by atoms with E-state index in [2.05, 4.69) is 19.9 Å². The van der Waals surface area contributed by atoms with E-state index in [1.807, 2.05) is 0 Å². The average molecular weight is 516 g/mol. The van der Waals surface area contributed by atoms with Gasteiger partial charge in [0, 0.05) is 38.5 Å². The minimum absolute atomic E-state index is 0.0621. The summed E-state index contributed by atoms with van der Waals surface area (Å²) in [5.41, 5.74) is 4.99. The van der Waals surface area contributed by atoms with Gasteiger partial charge in [-0.2, -0.15) is 22.0 Å². The molecule has 8 nitrogen and oxygen atoms in total. The number of nitrogens with two attached hydrogens (primary N) is 1. The van der Waals surface area contributed by atoms with Crippen LogP contribution in [0, 0.1) is 0 Å². The van der Waals surface area contributed by atoms with E-state index in [4.69, 9.17) is 5.73 Å². The van der Waals surface area contributed by atoms with Gasteiger partial charge in [-0.1, -0.05) is 6.92 Å². The van der Waals surface area contributed by atoms with Gasteiger partial charge in [0.1, 0.15) is 22.1 Å². The van der Waals surface area contributed by atoms with Crippen LogP contribution in [0.3, 0.4) is 0 Å². The van der Waals surface area contributed by atoms with E-state index >= 15 is 0 Å². The highest BCUT2D eigenvalue weighted by Crippen LogP contribution is 2.44. The number of hydrogen-bond donors (Lipinski definition) is 1. The molecule has 3 aromatic rings. The monoisotopic (exact) mass is 515 g/mol. The summed E-state index contributed by atoms with van der Waals surface area (Å²) in [5.74, 6) is -4.39. The molecule has 1 aliphatic carbocycles. The maximum absolute atomic E-state index is 13.9. The molecule has 0 bridgehead atoms. The van der Waals surface area contributed by atoms with Crippen LogP contribution in [0.25, 0.3) is 28.3 Å². The van der Waals surface area contributed by atoms with E-state index in [1.54, 1.807) is 24.8 Å². The normalized spacial score (nSPS) is 16.5. The molecular formula is C21H22F5N7OS. The Hall–Kier alpha value is -3.16. The molecule has 0 spiro atoms. The molecule has 0 aromatic carbocycles. The Kier molecular flexibility index (Phi) is 6.28. The van der Waals surface area contributed by atoms with Crippen LogP contribution >= 0.6 is 0 Å². The summed E-state index contributed by atoms with van der Waals surface area (Å²) >= 11 is 0. The summed E-state index contributed by atoms with van der Waals surface area (Å²) in [6.07, 6.45) is -0.447. The Bertz CT molecular complexity index is 1370. The van der Waals surface area contributed by atoms with Crippen molar-refractivity contribution < 1.29 is 26.2 Å². The van der Waals surface area contributed by atoms with Crippen LogP contribution in [0.4, 0.5) is 22.0 Å². The predicted octanol–water partition coefficient (Wildman–Crippen LogP) is 3.68. The largest absolute Gasteiger partial charge is 0.458 e. The summed E-state index contributed by atoms with van der Waals surface area (Å²) in [6.45, 7) is 1.71. The molecule has 0 radical (unpaired) electrons. The summed E-state index contributed by atoms with van der Waals surface area (Å²) in [5, 5.41) is 0.293. The number of aliphatic imine (C=N–C) groups is 1. The molecule has 1 fully saturated rings. The number of fused-ring (bicyclic) bond motifs is 1. The van der Waals surface area contributed by atoms with Crippen molar-refractivity contribution >= 4 is 33.8 Å². The number of aryl methyl sites for hydroxylation is 1. The van der Waals surface area contributed by atoms with Gasteiger partial charge in [0.2, 0.25) is 0 Å². The third-order valence-electron chi connectivity index (χ3n) is 5.57. The zero-order valence-electron chi connectivity index (χ0n) is 19.0. The van der Waals surface area contributed by atoms with Gasteiger partial charge in [-0.15, -0.1) is 0 Å². The van der Waals surface area contributed by atoms with Gasteiger partial charge in [-0.05, 0) is 18.9 Å². The topological polar surface area (TPSA) is 104 Å². The molecular weight excluding hydrogens is 493 g/mol. The number of aromatic nitrogens is 5. The van der Waals surface area contributed by atoms with Crippen molar-refractivity contribution in [1.82, 2.24) is 24.1 Å². The lowest BCUT2D eigenvalue weighted by Crippen LogP contribution is -2.33. The number of hydrogen-bond acceptors (Lipinski definition) is 6. The van der Waals surface area contributed by atoms with Crippen molar-refractivity contribution in [3.63, 3.8) is 0 Å². The highest BCUT2D eigenvalue weighted by atomic mass is 32.2. The molecule has 3 aromatic heterocycles. The number of halogens is 5. The van der Waals surface area contributed by atoms with E-state index in [1.165, 1.54) is 17.8 Å². The lowest BCUT2D eigenvalue weighted by Gasteiger charge is -2.19. The van der Waals surface area contributed by atoms with Gasteiger partial charge in [0.05, 0.1) is 28.0 Å². The number of imidazole rings is 2. The standard InChI is InChI=1S/C21H22F5N7OS/c1-4-35(34)19-15(31-16(33(19)3)11(8-27)9-28-13-5-6-13)18-30-14-7-12(10-29-17(14)32(18)2)20(22,23)21(24,25)26/h7-10,13H,4-6,27H2,1-3H3/b11-8+,28-9?. The number of allylic oxidation sites excluding steroid dienone is 1. The third kappa shape index (κ3) is 4.34. The van der Waals surface area contributed by atoms with Crippen molar-refractivity contribution in [3.05, 3.63) is 29.9 Å². The first-order valence-corrected chi connectivity index (χ1v) is 11.9. The quantitative estimate of drug-likeness (QED) is 0.382. The van der Waals surface area contributed by atoms with E-state index in [0.29, 0.717) is 28.7 Å². The zero-order valence-corrected chi connectivity index (χ0v) is 19.8. The fourth-order valence-electron chi connectivity index (χ4n) is 3.49. The molecule has 1 saturated carbocycles. The molecule has 0 amide bonds. The van der Waals surface area contributed by atoms with Crippen molar-refractivity contribution in [2.45, 2.75) is 42.9 Å². The van der Waals surface area contributed by atoms with Crippen LogP contribution in [-0.2, 0) is 30.8 Å². The Morgan fingerprint density at radius 1 is 1.23 bits per heavy atom.